The molecular formula is C22H25N3O3. The fourth-order valence-electron chi connectivity index (χ4n) is 4.01. The molecule has 1 fully saturated rings. The maximum Gasteiger partial charge on any atom is 0.258 e. The number of fused-ring (bicyclic) bond motifs is 1. The molecule has 6 nitrogen and oxygen atoms in total. The number of benzene rings is 1. The Morgan fingerprint density at radius 1 is 1.14 bits per heavy atom. The molecule has 1 atom stereocenters. The average molecular weight is 379 g/mol. The summed E-state index contributed by atoms with van der Waals surface area (Å²) in [6, 6.07) is 11.6. The van der Waals surface area contributed by atoms with Gasteiger partial charge in [-0.1, -0.05) is 6.07 Å². The molecule has 0 N–H and O–H groups in total. The number of pyridine rings is 1. The second kappa shape index (κ2) is 7.64. The maximum absolute atomic E-state index is 12.5. The van der Waals surface area contributed by atoms with Gasteiger partial charge in [0.25, 0.3) is 5.56 Å². The second-order valence-corrected chi connectivity index (χ2v) is 7.26. The van der Waals surface area contributed by atoms with Crippen molar-refractivity contribution in [1.82, 2.24) is 14.3 Å². The molecule has 1 aliphatic rings. The van der Waals surface area contributed by atoms with Gasteiger partial charge in [-0.3, -0.25) is 14.1 Å². The van der Waals surface area contributed by atoms with E-state index in [1.165, 1.54) is 0 Å². The molecule has 0 spiro atoms. The van der Waals surface area contributed by atoms with Crippen molar-refractivity contribution < 1.29 is 9.47 Å². The standard InChI is InChI=1S/C22H25N3O3/c1-15-6-9-21-23-16(11-22(26)25(21)13-15)14-24-10-4-5-19(24)18-12-17(27-2)7-8-20(18)28-3/h6-9,11-13,19H,4-5,10,14H2,1-3H3. The predicted octanol–water partition coefficient (Wildman–Crippen LogP) is 3.36. The number of methoxy groups -OCH3 is 2. The fourth-order valence-corrected chi connectivity index (χ4v) is 4.01. The molecule has 0 aliphatic carbocycles. The zero-order valence-electron chi connectivity index (χ0n) is 16.5. The van der Waals surface area contributed by atoms with Crippen LogP contribution in [0.15, 0.2) is 47.4 Å². The normalized spacial score (nSPS) is 17.2. The summed E-state index contributed by atoms with van der Waals surface area (Å²) in [4.78, 5) is 19.6. The van der Waals surface area contributed by atoms with Gasteiger partial charge in [0.15, 0.2) is 0 Å². The van der Waals surface area contributed by atoms with Crippen LogP contribution in [0.5, 0.6) is 11.5 Å². The summed E-state index contributed by atoms with van der Waals surface area (Å²) >= 11 is 0. The molecule has 28 heavy (non-hydrogen) atoms. The Balaban J connectivity index is 1.66. The summed E-state index contributed by atoms with van der Waals surface area (Å²) in [5, 5.41) is 0. The van der Waals surface area contributed by atoms with Gasteiger partial charge in [0, 0.05) is 30.4 Å². The third-order valence-electron chi connectivity index (χ3n) is 5.39. The summed E-state index contributed by atoms with van der Waals surface area (Å²) in [5.41, 5.74) is 3.59. The molecule has 0 radical (unpaired) electrons. The van der Waals surface area contributed by atoms with Crippen LogP contribution in [0.4, 0.5) is 0 Å². The SMILES string of the molecule is COc1ccc(OC)c(C2CCCN2Cc2cc(=O)n3cc(C)ccc3n2)c1. The summed E-state index contributed by atoms with van der Waals surface area (Å²) in [6.07, 6.45) is 3.96. The first kappa shape index (κ1) is 18.5. The van der Waals surface area contributed by atoms with Crippen LogP contribution in [0.1, 0.15) is 35.7 Å². The molecule has 3 aromatic rings. The highest BCUT2D eigenvalue weighted by molar-refractivity contribution is 5.43. The molecular weight excluding hydrogens is 354 g/mol. The van der Waals surface area contributed by atoms with E-state index in [9.17, 15) is 4.79 Å². The Morgan fingerprint density at radius 3 is 2.79 bits per heavy atom. The van der Waals surface area contributed by atoms with Gasteiger partial charge < -0.3 is 9.47 Å². The first-order valence-electron chi connectivity index (χ1n) is 9.54. The zero-order chi connectivity index (χ0) is 19.7. The van der Waals surface area contributed by atoms with Crippen LogP contribution in [-0.2, 0) is 6.54 Å². The molecule has 4 rings (SSSR count). The minimum atomic E-state index is -0.0431. The Morgan fingerprint density at radius 2 is 2.00 bits per heavy atom. The lowest BCUT2D eigenvalue weighted by Crippen LogP contribution is -2.25. The highest BCUT2D eigenvalue weighted by Crippen LogP contribution is 2.39. The number of aromatic nitrogens is 2. The number of hydrogen-bond donors (Lipinski definition) is 0. The second-order valence-electron chi connectivity index (χ2n) is 7.26. The Bertz CT molecular complexity index is 1060. The molecule has 1 aromatic carbocycles. The quantitative estimate of drug-likeness (QED) is 0.680. The van der Waals surface area contributed by atoms with Crippen molar-refractivity contribution in [2.75, 3.05) is 20.8 Å². The van der Waals surface area contributed by atoms with Crippen LogP contribution in [0.2, 0.25) is 0 Å². The molecule has 0 bridgehead atoms. The van der Waals surface area contributed by atoms with Crippen LogP contribution in [-0.4, -0.2) is 35.0 Å². The largest absolute Gasteiger partial charge is 0.497 e. The van der Waals surface area contributed by atoms with Crippen LogP contribution in [0, 0.1) is 6.92 Å². The molecule has 1 saturated heterocycles. The Labute approximate surface area is 164 Å². The Kier molecular flexibility index (Phi) is 5.05. The van der Waals surface area contributed by atoms with Gasteiger partial charge in [0.1, 0.15) is 17.1 Å². The molecule has 0 amide bonds. The van der Waals surface area contributed by atoms with E-state index >= 15 is 0 Å². The number of ether oxygens (including phenoxy) is 2. The van der Waals surface area contributed by atoms with Crippen molar-refractivity contribution in [2.24, 2.45) is 0 Å². The minimum Gasteiger partial charge on any atom is -0.497 e. The van der Waals surface area contributed by atoms with Crippen molar-refractivity contribution in [2.45, 2.75) is 32.4 Å². The van der Waals surface area contributed by atoms with E-state index in [-0.39, 0.29) is 11.6 Å². The number of aryl methyl sites for hydroxylation is 1. The van der Waals surface area contributed by atoms with E-state index < -0.39 is 0 Å². The van der Waals surface area contributed by atoms with Crippen LogP contribution < -0.4 is 15.0 Å². The van der Waals surface area contributed by atoms with Gasteiger partial charge >= 0.3 is 0 Å². The van der Waals surface area contributed by atoms with Gasteiger partial charge in [0.2, 0.25) is 0 Å². The highest BCUT2D eigenvalue weighted by Gasteiger charge is 2.29. The van der Waals surface area contributed by atoms with Crippen molar-refractivity contribution >= 4 is 5.65 Å². The Hall–Kier alpha value is -2.86. The topological polar surface area (TPSA) is 56.1 Å². The summed E-state index contributed by atoms with van der Waals surface area (Å²) in [7, 11) is 3.37. The van der Waals surface area contributed by atoms with E-state index in [0.29, 0.717) is 12.2 Å². The first-order chi connectivity index (χ1) is 13.6. The van der Waals surface area contributed by atoms with Crippen molar-refractivity contribution in [1.29, 1.82) is 0 Å². The van der Waals surface area contributed by atoms with E-state index in [2.05, 4.69) is 4.90 Å². The summed E-state index contributed by atoms with van der Waals surface area (Å²) in [6.45, 7) is 3.56. The van der Waals surface area contributed by atoms with Gasteiger partial charge in [-0.2, -0.15) is 0 Å². The average Bonchev–Trinajstić information content (AvgIpc) is 3.16. The maximum atomic E-state index is 12.5. The van der Waals surface area contributed by atoms with Gasteiger partial charge in [-0.15, -0.1) is 0 Å². The molecule has 1 unspecified atom stereocenters. The van der Waals surface area contributed by atoms with Gasteiger partial charge in [-0.25, -0.2) is 4.98 Å². The lowest BCUT2D eigenvalue weighted by Gasteiger charge is -2.26. The number of hydrogen-bond acceptors (Lipinski definition) is 5. The lowest BCUT2D eigenvalue weighted by molar-refractivity contribution is 0.239. The number of likely N-dealkylation sites (tertiary alicyclic amines) is 1. The molecule has 2 aromatic heterocycles. The molecule has 6 heteroatoms. The highest BCUT2D eigenvalue weighted by atomic mass is 16.5. The molecule has 146 valence electrons. The monoisotopic (exact) mass is 379 g/mol. The molecule has 0 saturated carbocycles. The predicted molar refractivity (Wildman–Crippen MR) is 108 cm³/mol. The van der Waals surface area contributed by atoms with Crippen molar-refractivity contribution in [3.8, 4) is 11.5 Å². The fraction of sp³-hybridized carbons (Fsp3) is 0.364. The number of rotatable bonds is 5. The van der Waals surface area contributed by atoms with E-state index in [0.717, 1.165) is 47.7 Å². The van der Waals surface area contributed by atoms with E-state index in [1.54, 1.807) is 24.7 Å². The number of nitrogens with zero attached hydrogens (tertiary/aromatic N) is 3. The molecule has 3 heterocycles. The first-order valence-corrected chi connectivity index (χ1v) is 9.54. The third kappa shape index (κ3) is 3.47. The molecule has 1 aliphatic heterocycles. The smallest absolute Gasteiger partial charge is 0.258 e. The van der Waals surface area contributed by atoms with Crippen LogP contribution >= 0.6 is 0 Å². The van der Waals surface area contributed by atoms with Crippen molar-refractivity contribution in [3.05, 3.63) is 69.8 Å². The van der Waals surface area contributed by atoms with E-state index in [1.807, 2.05) is 43.5 Å². The van der Waals surface area contributed by atoms with Crippen LogP contribution in [0.3, 0.4) is 0 Å². The third-order valence-corrected chi connectivity index (χ3v) is 5.39. The van der Waals surface area contributed by atoms with Gasteiger partial charge in [-0.05, 0) is 56.1 Å². The summed E-state index contributed by atoms with van der Waals surface area (Å²) in [5.74, 6) is 1.68. The lowest BCUT2D eigenvalue weighted by atomic mass is 10.0. The van der Waals surface area contributed by atoms with Crippen molar-refractivity contribution in [3.63, 3.8) is 0 Å². The van der Waals surface area contributed by atoms with E-state index in [4.69, 9.17) is 14.5 Å². The van der Waals surface area contributed by atoms with Gasteiger partial charge in [0.05, 0.1) is 19.9 Å². The minimum absolute atomic E-state index is 0.0431. The summed E-state index contributed by atoms with van der Waals surface area (Å²) < 4.78 is 12.6. The van der Waals surface area contributed by atoms with Crippen LogP contribution in [0.25, 0.3) is 5.65 Å². The zero-order valence-corrected chi connectivity index (χ0v) is 16.5.